The van der Waals surface area contributed by atoms with Crippen molar-refractivity contribution in [2.75, 3.05) is 6.61 Å². The predicted octanol–water partition coefficient (Wildman–Crippen LogP) is 4.90. The summed E-state index contributed by atoms with van der Waals surface area (Å²) in [5.41, 5.74) is 0.533. The average Bonchev–Trinajstić information content (AvgIpc) is 2.41. The van der Waals surface area contributed by atoms with Crippen LogP contribution in [0.1, 0.15) is 58.5 Å². The van der Waals surface area contributed by atoms with Crippen molar-refractivity contribution in [1.82, 2.24) is 9.97 Å². The van der Waals surface area contributed by atoms with Crippen LogP contribution >= 0.6 is 27.5 Å². The minimum atomic E-state index is -0.429. The fourth-order valence-corrected chi connectivity index (χ4v) is 2.75. The molecule has 1 aromatic heterocycles. The molecule has 1 heterocycles. The van der Waals surface area contributed by atoms with E-state index in [-0.39, 0.29) is 0 Å². The van der Waals surface area contributed by atoms with Gasteiger partial charge in [0.15, 0.2) is 5.82 Å². The van der Waals surface area contributed by atoms with Gasteiger partial charge in [-0.2, -0.15) is 0 Å². The molecule has 0 spiro atoms. The van der Waals surface area contributed by atoms with Crippen LogP contribution in [0.25, 0.3) is 0 Å². The highest BCUT2D eigenvalue weighted by Crippen LogP contribution is 2.34. The van der Waals surface area contributed by atoms with E-state index in [1.54, 1.807) is 0 Å². The van der Waals surface area contributed by atoms with Gasteiger partial charge in [0.25, 0.3) is 0 Å². The van der Waals surface area contributed by atoms with Crippen molar-refractivity contribution >= 4 is 27.5 Å². The molecule has 0 fully saturated rings. The summed E-state index contributed by atoms with van der Waals surface area (Å²) in [5, 5.41) is 0.472. The zero-order valence-electron chi connectivity index (χ0n) is 12.1. The van der Waals surface area contributed by atoms with E-state index in [0.717, 1.165) is 35.8 Å². The summed E-state index contributed by atoms with van der Waals surface area (Å²) in [4.78, 5) is 9.12. The lowest BCUT2D eigenvalue weighted by Crippen LogP contribution is -2.31. The molecule has 0 saturated carbocycles. The maximum atomic E-state index is 6.22. The zero-order valence-corrected chi connectivity index (χ0v) is 14.4. The Labute approximate surface area is 129 Å². The van der Waals surface area contributed by atoms with E-state index in [9.17, 15) is 0 Å². The van der Waals surface area contributed by atoms with Crippen molar-refractivity contribution in [3.05, 3.63) is 21.1 Å². The molecule has 108 valence electrons. The quantitative estimate of drug-likeness (QED) is 0.657. The van der Waals surface area contributed by atoms with Crippen LogP contribution < -0.4 is 0 Å². The Balaban J connectivity index is 3.31. The van der Waals surface area contributed by atoms with Gasteiger partial charge in [-0.25, -0.2) is 9.97 Å². The molecule has 0 amide bonds. The van der Waals surface area contributed by atoms with E-state index in [1.165, 1.54) is 0 Å². The van der Waals surface area contributed by atoms with E-state index < -0.39 is 5.60 Å². The summed E-state index contributed by atoms with van der Waals surface area (Å²) in [5.74, 6) is 0.705. The molecular weight excluding hydrogens is 328 g/mol. The molecule has 0 saturated heterocycles. The summed E-state index contributed by atoms with van der Waals surface area (Å²) in [7, 11) is 0. The Morgan fingerprint density at radius 3 is 2.26 bits per heavy atom. The van der Waals surface area contributed by atoms with Crippen molar-refractivity contribution in [1.29, 1.82) is 0 Å². The Hall–Kier alpha value is -0.190. The monoisotopic (exact) mass is 348 g/mol. The smallest absolute Gasteiger partial charge is 0.162 e. The molecule has 0 unspecified atom stereocenters. The van der Waals surface area contributed by atoms with Gasteiger partial charge in [0.2, 0.25) is 0 Å². The highest BCUT2D eigenvalue weighted by molar-refractivity contribution is 9.10. The van der Waals surface area contributed by atoms with Gasteiger partial charge in [-0.05, 0) is 42.1 Å². The summed E-state index contributed by atoms with van der Waals surface area (Å²) < 4.78 is 6.75. The van der Waals surface area contributed by atoms with E-state index >= 15 is 0 Å². The van der Waals surface area contributed by atoms with Crippen LogP contribution in [0.5, 0.6) is 0 Å². The molecule has 0 atom stereocenters. The van der Waals surface area contributed by atoms with Gasteiger partial charge in [-0.15, -0.1) is 0 Å². The third kappa shape index (κ3) is 3.67. The highest BCUT2D eigenvalue weighted by Gasteiger charge is 2.33. The predicted molar refractivity (Wildman–Crippen MR) is 82.6 cm³/mol. The van der Waals surface area contributed by atoms with Crippen LogP contribution in [-0.2, 0) is 16.8 Å². The van der Waals surface area contributed by atoms with Crippen LogP contribution in [0.2, 0.25) is 5.15 Å². The first-order chi connectivity index (χ1) is 9.04. The third-order valence-electron chi connectivity index (χ3n) is 3.34. The number of nitrogens with zero attached hydrogens (tertiary/aromatic N) is 2. The summed E-state index contributed by atoms with van der Waals surface area (Å²) in [6.07, 6.45) is 3.57. The molecule has 0 aliphatic carbocycles. The Morgan fingerprint density at radius 2 is 1.79 bits per heavy atom. The first-order valence-electron chi connectivity index (χ1n) is 6.90. The second kappa shape index (κ2) is 7.55. The highest BCUT2D eigenvalue weighted by atomic mass is 79.9. The molecule has 0 aliphatic rings. The topological polar surface area (TPSA) is 35.0 Å². The molecule has 19 heavy (non-hydrogen) atoms. The summed E-state index contributed by atoms with van der Waals surface area (Å²) >= 11 is 9.69. The van der Waals surface area contributed by atoms with Gasteiger partial charge in [-0.1, -0.05) is 38.8 Å². The lowest BCUT2D eigenvalue weighted by atomic mass is 9.95. The average molecular weight is 350 g/mol. The molecule has 0 radical (unpaired) electrons. The van der Waals surface area contributed by atoms with E-state index in [1.807, 2.05) is 6.92 Å². The third-order valence-corrected chi connectivity index (χ3v) is 4.67. The van der Waals surface area contributed by atoms with E-state index in [4.69, 9.17) is 16.3 Å². The normalized spacial score (nSPS) is 11.9. The molecule has 0 bridgehead atoms. The van der Waals surface area contributed by atoms with Crippen molar-refractivity contribution in [3.8, 4) is 0 Å². The van der Waals surface area contributed by atoms with Gasteiger partial charge in [0.05, 0.1) is 10.2 Å². The molecule has 0 aliphatic heterocycles. The number of hydrogen-bond donors (Lipinski definition) is 0. The number of rotatable bonds is 7. The Kier molecular flexibility index (Phi) is 6.71. The van der Waals surface area contributed by atoms with E-state index in [2.05, 4.69) is 46.7 Å². The zero-order chi connectivity index (χ0) is 14.5. The fourth-order valence-electron chi connectivity index (χ4n) is 2.18. The number of halogens is 2. The van der Waals surface area contributed by atoms with Crippen LogP contribution in [0.4, 0.5) is 0 Å². The van der Waals surface area contributed by atoms with Gasteiger partial charge >= 0.3 is 0 Å². The Morgan fingerprint density at radius 1 is 1.16 bits per heavy atom. The number of aryl methyl sites for hydroxylation is 1. The van der Waals surface area contributed by atoms with Crippen LogP contribution in [0, 0.1) is 0 Å². The largest absolute Gasteiger partial charge is 0.367 e. The van der Waals surface area contributed by atoms with Crippen molar-refractivity contribution in [3.63, 3.8) is 0 Å². The Bertz CT molecular complexity index is 422. The molecule has 0 aromatic carbocycles. The van der Waals surface area contributed by atoms with Gasteiger partial charge in [-0.3, -0.25) is 0 Å². The molecule has 1 aromatic rings. The van der Waals surface area contributed by atoms with E-state index in [0.29, 0.717) is 17.6 Å². The fraction of sp³-hybridized carbons (Fsp3) is 0.714. The summed E-state index contributed by atoms with van der Waals surface area (Å²) in [6.45, 7) is 8.95. The first kappa shape index (κ1) is 16.9. The SMILES string of the molecule is CCCc1nc(C(CC)(CC)OCC)nc(Cl)c1Br. The maximum absolute atomic E-state index is 6.22. The molecule has 0 N–H and O–H groups in total. The number of aromatic nitrogens is 2. The van der Waals surface area contributed by atoms with Gasteiger partial charge in [0, 0.05) is 6.61 Å². The summed E-state index contributed by atoms with van der Waals surface area (Å²) in [6, 6.07) is 0. The minimum Gasteiger partial charge on any atom is -0.367 e. The van der Waals surface area contributed by atoms with Crippen molar-refractivity contribution < 1.29 is 4.74 Å². The standard InChI is InChI=1S/C14H22BrClN2O/c1-5-9-10-11(15)12(16)18-13(17-10)14(6-2,7-3)19-8-4/h5-9H2,1-4H3. The molecule has 3 nitrogen and oxygen atoms in total. The second-order valence-electron chi connectivity index (χ2n) is 4.48. The minimum absolute atomic E-state index is 0.429. The molecule has 1 rings (SSSR count). The molecule has 5 heteroatoms. The van der Waals surface area contributed by atoms with Gasteiger partial charge in [0.1, 0.15) is 10.8 Å². The first-order valence-corrected chi connectivity index (χ1v) is 8.08. The van der Waals surface area contributed by atoms with Crippen LogP contribution in [0.15, 0.2) is 4.47 Å². The van der Waals surface area contributed by atoms with Crippen molar-refractivity contribution in [2.45, 2.75) is 59.0 Å². The molecular formula is C14H22BrClN2O. The van der Waals surface area contributed by atoms with Crippen molar-refractivity contribution in [2.24, 2.45) is 0 Å². The second-order valence-corrected chi connectivity index (χ2v) is 5.63. The number of hydrogen-bond acceptors (Lipinski definition) is 3. The number of ether oxygens (including phenoxy) is 1. The maximum Gasteiger partial charge on any atom is 0.162 e. The lowest BCUT2D eigenvalue weighted by Gasteiger charge is -2.30. The van der Waals surface area contributed by atoms with Gasteiger partial charge < -0.3 is 4.74 Å². The lowest BCUT2D eigenvalue weighted by molar-refractivity contribution is -0.0573. The van der Waals surface area contributed by atoms with Crippen LogP contribution in [-0.4, -0.2) is 16.6 Å². The van der Waals surface area contributed by atoms with Crippen LogP contribution in [0.3, 0.4) is 0 Å².